The van der Waals surface area contributed by atoms with Gasteiger partial charge in [0.2, 0.25) is 17.7 Å². The van der Waals surface area contributed by atoms with Crippen LogP contribution in [0.4, 0.5) is 0 Å². The molecule has 13 heteroatoms. The summed E-state index contributed by atoms with van der Waals surface area (Å²) in [5.74, 6) is 1.64. The molecule has 3 heterocycles. The van der Waals surface area contributed by atoms with Crippen LogP contribution in [0.1, 0.15) is 18.4 Å². The van der Waals surface area contributed by atoms with Gasteiger partial charge in [-0.05, 0) is 24.6 Å². The van der Waals surface area contributed by atoms with E-state index in [4.69, 9.17) is 9.15 Å². The lowest BCUT2D eigenvalue weighted by Gasteiger charge is -2.07. The van der Waals surface area contributed by atoms with Gasteiger partial charge in [0.05, 0.1) is 7.11 Å². The fraction of sp³-hybridized carbons (Fsp3) is 0.364. The lowest BCUT2D eigenvalue weighted by molar-refractivity contribution is -0.118. The number of hydrogen-bond donors (Lipinski definition) is 1. The molecular weight excluding hydrogens is 474 g/mol. The minimum Gasteiger partial charge on any atom is -0.496 e. The van der Waals surface area contributed by atoms with Crippen molar-refractivity contribution in [2.75, 3.05) is 19.4 Å². The van der Waals surface area contributed by atoms with Crippen LogP contribution in [0.5, 0.6) is 5.75 Å². The van der Waals surface area contributed by atoms with Gasteiger partial charge < -0.3 is 19.0 Å². The van der Waals surface area contributed by atoms with Crippen LogP contribution in [0, 0.1) is 6.92 Å². The third-order valence-electron chi connectivity index (χ3n) is 5.44. The Kier molecular flexibility index (Phi) is 6.78. The molecule has 4 rings (SSSR count). The van der Waals surface area contributed by atoms with Crippen LogP contribution < -0.4 is 21.3 Å². The second-order valence-corrected chi connectivity index (χ2v) is 8.94. The molecule has 3 aromatic heterocycles. The van der Waals surface area contributed by atoms with Crippen LogP contribution in [0.25, 0.3) is 22.6 Å². The maximum absolute atomic E-state index is 13.0. The Bertz CT molecular complexity index is 1530. The molecule has 1 amide bonds. The van der Waals surface area contributed by atoms with E-state index in [0.717, 1.165) is 10.1 Å². The topological polar surface area (TPSA) is 139 Å². The van der Waals surface area contributed by atoms with Gasteiger partial charge in [-0.25, -0.2) is 9.78 Å². The number of nitrogens with zero attached hydrogens (tertiary/aromatic N) is 6. The standard InChI is InChI=1S/C22H25N7O5S/c1-12-6-7-14(10-15(12)33-5)19-26-25-16(34-19)11-29-17-18(27(3)22(32)28(4)20(17)31)24-21(29)35-9-8-23-13(2)30/h6-7,10H,8-9,11H2,1-5H3,(H,23,30). The molecular formula is C22H25N7O5S. The van der Waals surface area contributed by atoms with Gasteiger partial charge in [0.1, 0.15) is 12.3 Å². The van der Waals surface area contributed by atoms with Crippen LogP contribution in [0.15, 0.2) is 37.4 Å². The van der Waals surface area contributed by atoms with E-state index in [1.807, 2.05) is 25.1 Å². The van der Waals surface area contributed by atoms with Crippen molar-refractivity contribution in [2.45, 2.75) is 25.5 Å². The molecule has 35 heavy (non-hydrogen) atoms. The van der Waals surface area contributed by atoms with Crippen LogP contribution >= 0.6 is 11.8 Å². The van der Waals surface area contributed by atoms with Crippen molar-refractivity contribution < 1.29 is 13.9 Å². The van der Waals surface area contributed by atoms with Crippen molar-refractivity contribution >= 4 is 28.8 Å². The number of benzene rings is 1. The number of aromatic nitrogens is 6. The highest BCUT2D eigenvalue weighted by Gasteiger charge is 2.21. The molecule has 0 unspecified atom stereocenters. The average Bonchev–Trinajstić information content (AvgIpc) is 3.45. The fourth-order valence-electron chi connectivity index (χ4n) is 3.58. The largest absolute Gasteiger partial charge is 0.496 e. The van der Waals surface area contributed by atoms with E-state index in [1.165, 1.54) is 30.3 Å². The van der Waals surface area contributed by atoms with E-state index in [0.29, 0.717) is 34.7 Å². The molecule has 0 aliphatic rings. The highest BCUT2D eigenvalue weighted by Crippen LogP contribution is 2.27. The van der Waals surface area contributed by atoms with E-state index in [1.54, 1.807) is 18.7 Å². The summed E-state index contributed by atoms with van der Waals surface area (Å²) in [6, 6.07) is 5.57. The van der Waals surface area contributed by atoms with Gasteiger partial charge in [-0.2, -0.15) is 0 Å². The maximum Gasteiger partial charge on any atom is 0.332 e. The van der Waals surface area contributed by atoms with Crippen LogP contribution in [-0.2, 0) is 25.4 Å². The quantitative estimate of drug-likeness (QED) is 0.279. The maximum atomic E-state index is 13.0. The van der Waals surface area contributed by atoms with Gasteiger partial charge in [0, 0.05) is 38.9 Å². The number of hydrogen-bond acceptors (Lipinski definition) is 9. The summed E-state index contributed by atoms with van der Waals surface area (Å²) in [6.07, 6.45) is 0. The number of rotatable bonds is 8. The summed E-state index contributed by atoms with van der Waals surface area (Å²) < 4.78 is 15.3. The number of aryl methyl sites for hydroxylation is 2. The minimum atomic E-state index is -0.479. The average molecular weight is 500 g/mol. The third kappa shape index (κ3) is 4.71. The second kappa shape index (κ2) is 9.78. The number of nitrogens with one attached hydrogen (secondary N) is 1. The first-order chi connectivity index (χ1) is 16.7. The SMILES string of the molecule is COc1cc(-c2nnc(Cn3c(SCCNC(C)=O)nc4c3c(=O)n(C)c(=O)n4C)o2)ccc1C. The summed E-state index contributed by atoms with van der Waals surface area (Å²) in [7, 11) is 4.57. The van der Waals surface area contributed by atoms with E-state index in [9.17, 15) is 14.4 Å². The molecule has 184 valence electrons. The molecule has 0 bridgehead atoms. The summed E-state index contributed by atoms with van der Waals surface area (Å²) in [5, 5.41) is 11.5. The summed E-state index contributed by atoms with van der Waals surface area (Å²) in [5.41, 5.74) is 1.22. The van der Waals surface area contributed by atoms with Gasteiger partial charge in [0.15, 0.2) is 16.3 Å². The van der Waals surface area contributed by atoms with Gasteiger partial charge in [-0.3, -0.25) is 18.7 Å². The fourth-order valence-corrected chi connectivity index (χ4v) is 4.42. The lowest BCUT2D eigenvalue weighted by atomic mass is 10.1. The van der Waals surface area contributed by atoms with E-state index >= 15 is 0 Å². The zero-order valence-electron chi connectivity index (χ0n) is 20.0. The molecule has 1 aromatic carbocycles. The predicted molar refractivity (Wildman–Crippen MR) is 130 cm³/mol. The van der Waals surface area contributed by atoms with Crippen LogP contribution in [-0.4, -0.2) is 54.2 Å². The van der Waals surface area contributed by atoms with Gasteiger partial charge >= 0.3 is 5.69 Å². The molecule has 0 saturated heterocycles. The smallest absolute Gasteiger partial charge is 0.332 e. The highest BCUT2D eigenvalue weighted by molar-refractivity contribution is 7.99. The Balaban J connectivity index is 1.74. The first-order valence-electron chi connectivity index (χ1n) is 10.7. The molecule has 0 fully saturated rings. The molecule has 12 nitrogen and oxygen atoms in total. The number of thioether (sulfide) groups is 1. The van der Waals surface area contributed by atoms with Crippen molar-refractivity contribution in [3.05, 3.63) is 50.5 Å². The Labute approximate surface area is 203 Å². The number of ether oxygens (including phenoxy) is 1. The Hall–Kier alpha value is -3.87. The summed E-state index contributed by atoms with van der Waals surface area (Å²) >= 11 is 1.34. The number of amides is 1. The Morgan fingerprint density at radius 1 is 1.20 bits per heavy atom. The highest BCUT2D eigenvalue weighted by atomic mass is 32.2. The second-order valence-electron chi connectivity index (χ2n) is 7.88. The zero-order chi connectivity index (χ0) is 25.3. The Morgan fingerprint density at radius 2 is 1.97 bits per heavy atom. The zero-order valence-corrected chi connectivity index (χ0v) is 20.8. The molecule has 0 saturated carbocycles. The van der Waals surface area contributed by atoms with Crippen LogP contribution in [0.2, 0.25) is 0 Å². The first kappa shape index (κ1) is 24.3. The normalized spacial score (nSPS) is 11.2. The third-order valence-corrected chi connectivity index (χ3v) is 6.41. The van der Waals surface area contributed by atoms with Crippen molar-refractivity contribution in [3.63, 3.8) is 0 Å². The van der Waals surface area contributed by atoms with Crippen molar-refractivity contribution in [1.29, 1.82) is 0 Å². The number of carbonyl (C=O) groups is 1. The van der Waals surface area contributed by atoms with Crippen LogP contribution in [0.3, 0.4) is 0 Å². The Morgan fingerprint density at radius 3 is 2.69 bits per heavy atom. The molecule has 0 atom stereocenters. The summed E-state index contributed by atoms with van der Waals surface area (Å²) in [4.78, 5) is 41.2. The van der Waals surface area contributed by atoms with E-state index < -0.39 is 11.2 Å². The first-order valence-corrected chi connectivity index (χ1v) is 11.7. The summed E-state index contributed by atoms with van der Waals surface area (Å²) in [6.45, 7) is 3.86. The molecule has 4 aromatic rings. The number of carbonyl (C=O) groups excluding carboxylic acids is 1. The van der Waals surface area contributed by atoms with Gasteiger partial charge in [-0.15, -0.1) is 10.2 Å². The minimum absolute atomic E-state index is 0.0718. The molecule has 0 aliphatic carbocycles. The number of methoxy groups -OCH3 is 1. The predicted octanol–water partition coefficient (Wildman–Crippen LogP) is 1.08. The number of fused-ring (bicyclic) bond motifs is 1. The van der Waals surface area contributed by atoms with Gasteiger partial charge in [0.25, 0.3) is 5.56 Å². The van der Waals surface area contributed by atoms with Crippen molar-refractivity contribution in [1.82, 2.24) is 34.2 Å². The monoisotopic (exact) mass is 499 g/mol. The molecule has 0 aliphatic heterocycles. The van der Waals surface area contributed by atoms with E-state index in [2.05, 4.69) is 20.5 Å². The van der Waals surface area contributed by atoms with Crippen molar-refractivity contribution in [2.24, 2.45) is 14.1 Å². The van der Waals surface area contributed by atoms with E-state index in [-0.39, 0.29) is 29.5 Å². The number of imidazole rings is 1. The lowest BCUT2D eigenvalue weighted by Crippen LogP contribution is -2.37. The van der Waals surface area contributed by atoms with Gasteiger partial charge in [-0.1, -0.05) is 17.8 Å². The molecule has 0 spiro atoms. The molecule has 1 N–H and O–H groups in total. The molecule has 0 radical (unpaired) electrons. The van der Waals surface area contributed by atoms with Crippen molar-refractivity contribution in [3.8, 4) is 17.2 Å².